The number of ether oxygens (including phenoxy) is 1. The summed E-state index contributed by atoms with van der Waals surface area (Å²) in [4.78, 5) is 15.0. The average molecular weight is 227 g/mol. The largest absolute Gasteiger partial charge is 0.495 e. The van der Waals surface area contributed by atoms with Crippen LogP contribution in [0, 0.1) is 0 Å². The lowest BCUT2D eigenvalue weighted by Gasteiger charge is -2.17. The molecule has 5 heteroatoms. The van der Waals surface area contributed by atoms with Crippen molar-refractivity contribution in [3.63, 3.8) is 0 Å². The van der Waals surface area contributed by atoms with Crippen molar-refractivity contribution in [1.29, 1.82) is 0 Å². The van der Waals surface area contributed by atoms with E-state index in [1.165, 1.54) is 11.8 Å². The van der Waals surface area contributed by atoms with Crippen LogP contribution in [0.4, 0.5) is 0 Å². The summed E-state index contributed by atoms with van der Waals surface area (Å²) in [6, 6.07) is 3.50. The van der Waals surface area contributed by atoms with E-state index < -0.39 is 10.7 Å². The maximum atomic E-state index is 10.9. The second-order valence-corrected chi connectivity index (χ2v) is 5.10. The zero-order valence-corrected chi connectivity index (χ0v) is 9.67. The fourth-order valence-corrected chi connectivity index (χ4v) is 1.70. The Bertz CT molecular complexity index is 348. The van der Waals surface area contributed by atoms with Gasteiger partial charge in [-0.2, -0.15) is 0 Å². The van der Waals surface area contributed by atoms with Crippen LogP contribution in [-0.2, 0) is 4.79 Å². The van der Waals surface area contributed by atoms with Crippen LogP contribution in [0.2, 0.25) is 0 Å². The van der Waals surface area contributed by atoms with Crippen LogP contribution >= 0.6 is 11.8 Å². The molecule has 0 aliphatic heterocycles. The Morgan fingerprint density at radius 3 is 2.60 bits per heavy atom. The van der Waals surface area contributed by atoms with E-state index >= 15 is 0 Å². The molecule has 0 spiro atoms. The molecular weight excluding hydrogens is 214 g/mol. The average Bonchev–Trinajstić information content (AvgIpc) is 2.18. The molecule has 0 fully saturated rings. The lowest BCUT2D eigenvalue weighted by atomic mass is 10.2. The smallest absolute Gasteiger partial charge is 0.319 e. The first kappa shape index (κ1) is 11.8. The molecule has 0 aliphatic carbocycles. The summed E-state index contributed by atoms with van der Waals surface area (Å²) in [7, 11) is 1.56. The third kappa shape index (κ3) is 3.13. The van der Waals surface area contributed by atoms with Gasteiger partial charge < -0.3 is 9.84 Å². The van der Waals surface area contributed by atoms with Crippen LogP contribution in [0.15, 0.2) is 23.4 Å². The van der Waals surface area contributed by atoms with Crippen molar-refractivity contribution in [2.45, 2.75) is 23.6 Å². The topological polar surface area (TPSA) is 59.4 Å². The van der Waals surface area contributed by atoms with Crippen molar-refractivity contribution in [1.82, 2.24) is 4.98 Å². The number of hydrogen-bond donors (Lipinski definition) is 1. The minimum absolute atomic E-state index is 0.660. The van der Waals surface area contributed by atoms with Crippen molar-refractivity contribution in [2.75, 3.05) is 7.11 Å². The van der Waals surface area contributed by atoms with Crippen LogP contribution in [0.1, 0.15) is 13.8 Å². The number of hydrogen-bond acceptors (Lipinski definition) is 4. The van der Waals surface area contributed by atoms with Crippen molar-refractivity contribution < 1.29 is 14.6 Å². The van der Waals surface area contributed by atoms with Crippen molar-refractivity contribution in [3.8, 4) is 5.75 Å². The summed E-state index contributed by atoms with van der Waals surface area (Å²) in [5, 5.41) is 9.60. The van der Waals surface area contributed by atoms with Gasteiger partial charge in [0.05, 0.1) is 18.3 Å². The van der Waals surface area contributed by atoms with Gasteiger partial charge in [-0.25, -0.2) is 4.98 Å². The summed E-state index contributed by atoms with van der Waals surface area (Å²) in [5.41, 5.74) is 0. The highest BCUT2D eigenvalue weighted by molar-refractivity contribution is 8.01. The summed E-state index contributed by atoms with van der Waals surface area (Å²) < 4.78 is 4.09. The van der Waals surface area contributed by atoms with E-state index in [2.05, 4.69) is 4.98 Å². The number of aromatic nitrogens is 1. The number of carboxylic acid groups (broad SMARTS) is 1. The lowest BCUT2D eigenvalue weighted by molar-refractivity contribution is -0.138. The third-order valence-corrected chi connectivity index (χ3v) is 2.96. The first-order valence-corrected chi connectivity index (χ1v) is 5.20. The van der Waals surface area contributed by atoms with E-state index in [0.717, 1.165) is 0 Å². The number of pyridine rings is 1. The molecule has 0 aliphatic rings. The number of thioether (sulfide) groups is 1. The molecule has 0 saturated carbocycles. The van der Waals surface area contributed by atoms with E-state index in [4.69, 9.17) is 9.84 Å². The minimum atomic E-state index is -0.873. The van der Waals surface area contributed by atoms with E-state index in [9.17, 15) is 4.79 Å². The zero-order valence-electron chi connectivity index (χ0n) is 8.85. The quantitative estimate of drug-likeness (QED) is 0.798. The van der Waals surface area contributed by atoms with Gasteiger partial charge in [-0.1, -0.05) is 11.8 Å². The fraction of sp³-hybridized carbons (Fsp3) is 0.400. The Balaban J connectivity index is 2.77. The van der Waals surface area contributed by atoms with Gasteiger partial charge in [0, 0.05) is 0 Å². The molecule has 0 unspecified atom stereocenters. The maximum Gasteiger partial charge on any atom is 0.319 e. The summed E-state index contributed by atoms with van der Waals surface area (Å²) >= 11 is 1.21. The highest BCUT2D eigenvalue weighted by Gasteiger charge is 2.28. The van der Waals surface area contributed by atoms with Gasteiger partial charge in [0.15, 0.2) is 0 Å². The minimum Gasteiger partial charge on any atom is -0.495 e. The number of rotatable bonds is 4. The first-order valence-electron chi connectivity index (χ1n) is 4.38. The Kier molecular flexibility index (Phi) is 3.57. The van der Waals surface area contributed by atoms with Crippen LogP contribution in [0.3, 0.4) is 0 Å². The predicted molar refractivity (Wildman–Crippen MR) is 58.4 cm³/mol. The molecule has 0 amide bonds. The molecule has 0 radical (unpaired) electrons. The third-order valence-electron chi connectivity index (χ3n) is 1.82. The number of carboxylic acids is 1. The fourth-order valence-electron chi connectivity index (χ4n) is 0.853. The monoisotopic (exact) mass is 227 g/mol. The predicted octanol–water partition coefficient (Wildman–Crippen LogP) is 2.05. The number of nitrogens with zero attached hydrogens (tertiary/aromatic N) is 1. The maximum absolute atomic E-state index is 10.9. The van der Waals surface area contributed by atoms with Gasteiger partial charge in [-0.05, 0) is 26.0 Å². The SMILES string of the molecule is COc1ccc(SC(C)(C)C(=O)O)nc1. The molecule has 1 rings (SSSR count). The molecule has 15 heavy (non-hydrogen) atoms. The van der Waals surface area contributed by atoms with Crippen LogP contribution in [-0.4, -0.2) is 27.9 Å². The molecule has 1 aromatic heterocycles. The number of aliphatic carboxylic acids is 1. The molecule has 82 valence electrons. The standard InChI is InChI=1S/C10H13NO3S/c1-10(2,9(12)13)15-8-5-4-7(14-3)6-11-8/h4-6H,1-3H3,(H,12,13). The van der Waals surface area contributed by atoms with Gasteiger partial charge in [0.2, 0.25) is 0 Å². The normalized spacial score (nSPS) is 11.1. The van der Waals surface area contributed by atoms with E-state index in [-0.39, 0.29) is 0 Å². The Hall–Kier alpha value is -1.23. The summed E-state index contributed by atoms with van der Waals surface area (Å²) in [6.07, 6.45) is 1.57. The van der Waals surface area contributed by atoms with Crippen LogP contribution in [0.25, 0.3) is 0 Å². The molecular formula is C10H13NO3S. The molecule has 1 heterocycles. The molecule has 1 N–H and O–H groups in total. The molecule has 0 bridgehead atoms. The van der Waals surface area contributed by atoms with Gasteiger partial charge in [0.1, 0.15) is 10.5 Å². The Morgan fingerprint density at radius 2 is 2.20 bits per heavy atom. The van der Waals surface area contributed by atoms with Gasteiger partial charge in [-0.15, -0.1) is 0 Å². The molecule has 4 nitrogen and oxygen atoms in total. The highest BCUT2D eigenvalue weighted by Crippen LogP contribution is 2.31. The zero-order chi connectivity index (χ0) is 11.5. The second kappa shape index (κ2) is 4.53. The highest BCUT2D eigenvalue weighted by atomic mass is 32.2. The molecule has 0 atom stereocenters. The van der Waals surface area contributed by atoms with Crippen molar-refractivity contribution in [2.24, 2.45) is 0 Å². The van der Waals surface area contributed by atoms with E-state index in [0.29, 0.717) is 10.8 Å². The van der Waals surface area contributed by atoms with Gasteiger partial charge >= 0.3 is 5.97 Å². The summed E-state index contributed by atoms with van der Waals surface area (Å²) in [5.74, 6) is -0.197. The molecule has 1 aromatic rings. The molecule has 0 aromatic carbocycles. The first-order chi connectivity index (χ1) is 6.95. The van der Waals surface area contributed by atoms with E-state index in [1.807, 2.05) is 0 Å². The Morgan fingerprint density at radius 1 is 1.53 bits per heavy atom. The van der Waals surface area contributed by atoms with Crippen molar-refractivity contribution in [3.05, 3.63) is 18.3 Å². The van der Waals surface area contributed by atoms with Crippen LogP contribution in [0.5, 0.6) is 5.75 Å². The van der Waals surface area contributed by atoms with Crippen LogP contribution < -0.4 is 4.74 Å². The van der Waals surface area contributed by atoms with Crippen molar-refractivity contribution >= 4 is 17.7 Å². The molecule has 0 saturated heterocycles. The van der Waals surface area contributed by atoms with Gasteiger partial charge in [0.25, 0.3) is 0 Å². The lowest BCUT2D eigenvalue weighted by Crippen LogP contribution is -2.27. The number of carbonyl (C=O) groups is 1. The Labute approximate surface area is 92.7 Å². The number of methoxy groups -OCH3 is 1. The van der Waals surface area contributed by atoms with E-state index in [1.54, 1.807) is 39.3 Å². The summed E-state index contributed by atoms with van der Waals surface area (Å²) in [6.45, 7) is 3.29. The second-order valence-electron chi connectivity index (χ2n) is 3.45. The van der Waals surface area contributed by atoms with Gasteiger partial charge in [-0.3, -0.25) is 4.79 Å².